The Labute approximate surface area is 297 Å². The number of pyridine rings is 1. The molecule has 51 heavy (non-hydrogen) atoms. The number of rotatable bonds is 14. The number of hydrazone groups is 1. The minimum Gasteiger partial charge on any atom is -0.494 e. The molecular formula is C34H45N8O8P. The highest BCUT2D eigenvalue weighted by molar-refractivity contribution is 7.39. The molecule has 1 saturated carbocycles. The van der Waals surface area contributed by atoms with Crippen LogP contribution in [0.2, 0.25) is 0 Å². The van der Waals surface area contributed by atoms with E-state index in [-0.39, 0.29) is 53.3 Å². The first-order valence-electron chi connectivity index (χ1n) is 16.0. The standard InChI is InChI=1S/C34H45N8O8P/c1-19-13-20(2)29(26(14-19)50-51(46)47)34(3,4)16-28(43)49-18-42-17-23(33(45)37-5)25(15-27(42)39-32(44)21-11-12-21)38-24-10-8-9-22(30(24)48-7)31(35)40-41(6)36/h8-10,13-15,17,21,38,46-47H,11-12,16,18,36H2,1-7H3,(H2,35,40)(H,37,45)/b39-27+. The van der Waals surface area contributed by atoms with Gasteiger partial charge in [-0.25, -0.2) is 11.0 Å². The van der Waals surface area contributed by atoms with Gasteiger partial charge in [0.1, 0.15) is 11.2 Å². The monoisotopic (exact) mass is 724 g/mol. The van der Waals surface area contributed by atoms with E-state index >= 15 is 0 Å². The number of esters is 1. The number of anilines is 2. The highest BCUT2D eigenvalue weighted by Crippen LogP contribution is 2.42. The molecule has 274 valence electrons. The Morgan fingerprint density at radius 3 is 2.43 bits per heavy atom. The summed E-state index contributed by atoms with van der Waals surface area (Å²) >= 11 is 0. The predicted molar refractivity (Wildman–Crippen MR) is 192 cm³/mol. The van der Waals surface area contributed by atoms with E-state index in [9.17, 15) is 24.2 Å². The summed E-state index contributed by atoms with van der Waals surface area (Å²) in [6.07, 6.45) is 2.77. The zero-order chi connectivity index (χ0) is 37.6. The molecule has 8 N–H and O–H groups in total. The molecule has 0 atom stereocenters. The number of carbonyl (C=O) groups is 3. The number of hydrazine groups is 1. The molecule has 0 saturated heterocycles. The highest BCUT2D eigenvalue weighted by Gasteiger charge is 2.32. The third kappa shape index (κ3) is 9.82. The van der Waals surface area contributed by atoms with Crippen LogP contribution in [0.4, 0.5) is 11.4 Å². The van der Waals surface area contributed by atoms with Crippen LogP contribution >= 0.6 is 8.60 Å². The number of amidine groups is 1. The van der Waals surface area contributed by atoms with Crippen LogP contribution in [0.1, 0.15) is 65.7 Å². The van der Waals surface area contributed by atoms with Gasteiger partial charge in [-0.05, 0) is 56.0 Å². The first-order valence-corrected chi connectivity index (χ1v) is 17.2. The summed E-state index contributed by atoms with van der Waals surface area (Å²) < 4.78 is 18.1. The SMILES string of the molecule is CNC(=O)c1cn(COC(=O)CC(C)(C)c2c(C)cc(C)cc2OP(O)O)/c(=N/C(=O)C2CC2)cc1Nc1cccc(/C(N)=N/N(C)N)c1OC. The molecule has 16 nitrogen and oxygen atoms in total. The maximum Gasteiger partial charge on any atom is 0.391 e. The fourth-order valence-electron chi connectivity index (χ4n) is 5.76. The van der Waals surface area contributed by atoms with Crippen LogP contribution in [-0.2, 0) is 26.5 Å². The average Bonchev–Trinajstić information content (AvgIpc) is 3.88. The summed E-state index contributed by atoms with van der Waals surface area (Å²) in [6, 6.07) is 10.2. The number of nitrogens with one attached hydrogen (secondary N) is 2. The van der Waals surface area contributed by atoms with Gasteiger partial charge in [-0.15, -0.1) is 5.10 Å². The number of benzene rings is 2. The van der Waals surface area contributed by atoms with Gasteiger partial charge in [-0.3, -0.25) is 19.0 Å². The van der Waals surface area contributed by atoms with Gasteiger partial charge in [0.05, 0.1) is 36.0 Å². The van der Waals surface area contributed by atoms with Crippen molar-refractivity contribution in [3.8, 4) is 11.5 Å². The summed E-state index contributed by atoms with van der Waals surface area (Å²) in [5.41, 5.74) is 9.01. The quantitative estimate of drug-likeness (QED) is 0.0352. The van der Waals surface area contributed by atoms with Gasteiger partial charge >= 0.3 is 14.6 Å². The summed E-state index contributed by atoms with van der Waals surface area (Å²) in [4.78, 5) is 63.0. The molecule has 3 aromatic rings. The minimum atomic E-state index is -2.69. The maximum absolute atomic E-state index is 13.4. The number of nitrogens with zero attached hydrogens (tertiary/aromatic N) is 4. The van der Waals surface area contributed by atoms with Crippen molar-refractivity contribution in [3.63, 3.8) is 0 Å². The van der Waals surface area contributed by atoms with E-state index in [4.69, 9.17) is 25.6 Å². The third-order valence-corrected chi connectivity index (χ3v) is 8.41. The number of hydrogen-bond donors (Lipinski definition) is 6. The molecule has 1 aliphatic carbocycles. The Morgan fingerprint density at radius 1 is 1.12 bits per heavy atom. The topological polar surface area (TPSA) is 228 Å². The number of methoxy groups -OCH3 is 1. The number of aromatic nitrogens is 1. The van der Waals surface area contributed by atoms with E-state index in [1.807, 2.05) is 33.8 Å². The van der Waals surface area contributed by atoms with Crippen LogP contribution in [0.25, 0.3) is 0 Å². The van der Waals surface area contributed by atoms with Gasteiger partial charge in [-0.2, -0.15) is 4.99 Å². The summed E-state index contributed by atoms with van der Waals surface area (Å²) in [5.74, 6) is 4.70. The lowest BCUT2D eigenvalue weighted by molar-refractivity contribution is -0.148. The Balaban J connectivity index is 1.71. The second kappa shape index (κ2) is 16.3. The van der Waals surface area contributed by atoms with Crippen LogP contribution < -0.4 is 37.0 Å². The summed E-state index contributed by atoms with van der Waals surface area (Å²) in [6.45, 7) is 6.97. The molecule has 17 heteroatoms. The number of amides is 2. The third-order valence-electron chi connectivity index (χ3n) is 8.05. The van der Waals surface area contributed by atoms with E-state index in [2.05, 4.69) is 20.7 Å². The molecule has 0 spiro atoms. The van der Waals surface area contributed by atoms with Crippen molar-refractivity contribution in [1.82, 2.24) is 15.0 Å². The predicted octanol–water partition coefficient (Wildman–Crippen LogP) is 2.94. The van der Waals surface area contributed by atoms with Crippen molar-refractivity contribution in [1.29, 1.82) is 0 Å². The van der Waals surface area contributed by atoms with Gasteiger partial charge in [0.2, 0.25) is 0 Å². The Bertz CT molecular complexity index is 1900. The molecule has 2 amide bonds. The van der Waals surface area contributed by atoms with Crippen LogP contribution in [0.3, 0.4) is 0 Å². The molecule has 4 rings (SSSR count). The lowest BCUT2D eigenvalue weighted by Crippen LogP contribution is -2.30. The van der Waals surface area contributed by atoms with Crippen LogP contribution in [-0.4, -0.2) is 64.3 Å². The number of carbonyl (C=O) groups excluding carboxylic acids is 3. The van der Waals surface area contributed by atoms with E-state index in [1.54, 1.807) is 24.3 Å². The van der Waals surface area contributed by atoms with Gasteiger partial charge < -0.3 is 40.2 Å². The molecule has 1 fully saturated rings. The Hall–Kier alpha value is -5.02. The van der Waals surface area contributed by atoms with E-state index in [1.165, 1.54) is 38.0 Å². The van der Waals surface area contributed by atoms with Crippen LogP contribution in [0.15, 0.2) is 52.7 Å². The first-order chi connectivity index (χ1) is 24.0. The normalized spacial score (nSPS) is 13.5. The van der Waals surface area contributed by atoms with E-state index < -0.39 is 25.9 Å². The minimum absolute atomic E-state index is 0.0850. The summed E-state index contributed by atoms with van der Waals surface area (Å²) in [7, 11) is 1.75. The van der Waals surface area contributed by atoms with Crippen molar-refractivity contribution in [2.45, 2.75) is 59.1 Å². The molecule has 0 radical (unpaired) electrons. The van der Waals surface area contributed by atoms with Gasteiger partial charge in [0.25, 0.3) is 11.8 Å². The summed E-state index contributed by atoms with van der Waals surface area (Å²) in [5, 5.41) is 10.9. The van der Waals surface area contributed by atoms with Gasteiger partial charge in [-0.1, -0.05) is 26.0 Å². The van der Waals surface area contributed by atoms with Crippen molar-refractivity contribution >= 4 is 43.6 Å². The molecule has 2 aromatic carbocycles. The number of hydrogen-bond acceptors (Lipinski definition) is 12. The van der Waals surface area contributed by atoms with Crippen molar-refractivity contribution in [2.75, 3.05) is 26.5 Å². The lowest BCUT2D eigenvalue weighted by atomic mass is 9.78. The van der Waals surface area contributed by atoms with Crippen molar-refractivity contribution in [3.05, 3.63) is 75.9 Å². The molecule has 0 bridgehead atoms. The number of nitrogens with two attached hydrogens (primary N) is 2. The Morgan fingerprint density at radius 2 is 1.82 bits per heavy atom. The van der Waals surface area contributed by atoms with E-state index in [0.29, 0.717) is 22.6 Å². The zero-order valence-corrected chi connectivity index (χ0v) is 30.6. The van der Waals surface area contributed by atoms with Crippen molar-refractivity contribution in [2.24, 2.45) is 27.6 Å². The maximum atomic E-state index is 13.4. The fourth-order valence-corrected chi connectivity index (χ4v) is 6.08. The second-order valence-corrected chi connectivity index (χ2v) is 13.5. The molecule has 0 aliphatic heterocycles. The average molecular weight is 725 g/mol. The molecule has 0 unspecified atom stereocenters. The zero-order valence-electron chi connectivity index (χ0n) is 29.7. The molecule has 1 heterocycles. The number of ether oxygens (including phenoxy) is 2. The van der Waals surface area contributed by atoms with Crippen LogP contribution in [0.5, 0.6) is 11.5 Å². The lowest BCUT2D eigenvalue weighted by Gasteiger charge is -2.29. The van der Waals surface area contributed by atoms with Crippen LogP contribution in [0, 0.1) is 19.8 Å². The van der Waals surface area contributed by atoms with Crippen molar-refractivity contribution < 1.29 is 38.2 Å². The molecular weight excluding hydrogens is 679 g/mol. The largest absolute Gasteiger partial charge is 0.494 e. The Kier molecular flexibility index (Phi) is 12.4. The molecule has 1 aromatic heterocycles. The van der Waals surface area contributed by atoms with Gasteiger partial charge in [0, 0.05) is 43.3 Å². The second-order valence-electron chi connectivity index (χ2n) is 12.8. The first kappa shape index (κ1) is 38.8. The van der Waals surface area contributed by atoms with Gasteiger partial charge in [0.15, 0.2) is 18.3 Å². The molecule has 1 aliphatic rings. The fraction of sp³-hybridized carbons (Fsp3) is 0.382. The number of para-hydroxylation sites is 1. The smallest absolute Gasteiger partial charge is 0.391 e. The van der Waals surface area contributed by atoms with E-state index in [0.717, 1.165) is 29.1 Å². The highest BCUT2D eigenvalue weighted by atomic mass is 31.2. The number of aryl methyl sites for hydroxylation is 2.